The van der Waals surface area contributed by atoms with Gasteiger partial charge in [0.05, 0.1) is 13.3 Å². The van der Waals surface area contributed by atoms with Gasteiger partial charge < -0.3 is 14.9 Å². The maximum Gasteiger partial charge on any atom is 0.299 e. The number of nitrogens with zero attached hydrogens (tertiary/aromatic N) is 1. The Bertz CT molecular complexity index is 670. The quantitative estimate of drug-likeness (QED) is 0.204. The van der Waals surface area contributed by atoms with Gasteiger partial charge in [0.1, 0.15) is 5.56 Å². The number of carbonyl (C=O) groups excluding carboxylic acids is 1. The van der Waals surface area contributed by atoms with E-state index in [2.05, 4.69) is 29.7 Å². The summed E-state index contributed by atoms with van der Waals surface area (Å²) in [6, 6.07) is 1.18. The lowest BCUT2D eigenvalue weighted by atomic mass is 10.0. The number of unbranched alkanes of at least 4 members (excludes halogenated alkanes) is 5. The molecule has 0 aliphatic rings. The molecule has 1 aromatic heterocycles. The van der Waals surface area contributed by atoms with Crippen LogP contribution in [0.5, 0.6) is 5.95 Å². The molecular weight excluding hydrogens is 342 g/mol. The number of nitrogens with one attached hydrogen (secondary N) is 1. The van der Waals surface area contributed by atoms with Crippen LogP contribution in [0.4, 0.5) is 0 Å². The van der Waals surface area contributed by atoms with Crippen LogP contribution in [0.3, 0.4) is 0 Å². The predicted molar refractivity (Wildman–Crippen MR) is 101 cm³/mol. The van der Waals surface area contributed by atoms with Gasteiger partial charge in [-0.15, -0.1) is 0 Å². The van der Waals surface area contributed by atoms with E-state index in [9.17, 15) is 9.59 Å². The lowest BCUT2D eigenvalue weighted by molar-refractivity contribution is 0.0969. The highest BCUT2D eigenvalue weighted by Gasteiger charge is 2.19. The number of nitrogens with two attached hydrogens (primary N) is 1. The molecule has 0 saturated carbocycles. The zero-order chi connectivity index (χ0) is 18.7. The van der Waals surface area contributed by atoms with Crippen molar-refractivity contribution in [1.29, 1.82) is 0 Å². The first kappa shape index (κ1) is 20.8. The van der Waals surface area contributed by atoms with Crippen LogP contribution in [0.25, 0.3) is 0 Å². The molecule has 0 saturated heterocycles. The first-order chi connectivity index (χ1) is 12.0. The Morgan fingerprint density at radius 1 is 1.36 bits per heavy atom. The molecule has 25 heavy (non-hydrogen) atoms. The van der Waals surface area contributed by atoms with Gasteiger partial charge in [-0.2, -0.15) is 5.10 Å². The minimum atomic E-state index is -0.462. The summed E-state index contributed by atoms with van der Waals surface area (Å²) in [5, 5.41) is 3.69. The van der Waals surface area contributed by atoms with E-state index >= 15 is 0 Å². The topological polar surface area (TPSA) is 107 Å². The van der Waals surface area contributed by atoms with E-state index in [1.807, 2.05) is 0 Å². The normalized spacial score (nSPS) is 10.8. The van der Waals surface area contributed by atoms with Crippen molar-refractivity contribution in [1.82, 2.24) is 5.43 Å². The third kappa shape index (κ3) is 7.47. The Labute approximate surface area is 152 Å². The van der Waals surface area contributed by atoms with Gasteiger partial charge in [-0.3, -0.25) is 15.0 Å². The number of hydrazone groups is 1. The number of hydrogen-bond acceptors (Lipinski definition) is 6. The lowest BCUT2D eigenvalue weighted by Gasteiger charge is -2.06. The maximum atomic E-state index is 12.3. The van der Waals surface area contributed by atoms with Crippen LogP contribution in [0.1, 0.15) is 68.0 Å². The number of ketones is 1. The smallest absolute Gasteiger partial charge is 0.299 e. The predicted octanol–water partition coefficient (Wildman–Crippen LogP) is 2.75. The van der Waals surface area contributed by atoms with E-state index in [0.717, 1.165) is 19.3 Å². The molecule has 0 aliphatic heterocycles. The van der Waals surface area contributed by atoms with Crippen LogP contribution in [-0.2, 0) is 0 Å². The third-order valence-corrected chi connectivity index (χ3v) is 3.61. The van der Waals surface area contributed by atoms with Gasteiger partial charge in [-0.05, 0) is 18.6 Å². The highest BCUT2D eigenvalue weighted by Crippen LogP contribution is 2.19. The Kier molecular flexibility index (Phi) is 9.46. The molecule has 7 nitrogen and oxygen atoms in total. The first-order valence-corrected chi connectivity index (χ1v) is 8.74. The number of thiocarbonyl (C=S) groups is 1. The van der Waals surface area contributed by atoms with Gasteiger partial charge in [-0.25, -0.2) is 0 Å². The molecule has 0 aromatic carbocycles. The molecule has 0 spiro atoms. The van der Waals surface area contributed by atoms with Crippen molar-refractivity contribution in [3.8, 4) is 5.95 Å². The Hall–Kier alpha value is -2.22. The zero-order valence-corrected chi connectivity index (χ0v) is 15.5. The SMILES string of the molecule is CCCCCCCCC(=O)c1c(OC)oc(C=NNC(N)=S)cc1=O. The number of rotatable bonds is 11. The molecule has 1 aromatic rings. The van der Waals surface area contributed by atoms with Gasteiger partial charge in [-0.1, -0.05) is 39.0 Å². The second kappa shape index (κ2) is 11.4. The molecule has 0 radical (unpaired) electrons. The summed E-state index contributed by atoms with van der Waals surface area (Å²) in [4.78, 5) is 24.6. The van der Waals surface area contributed by atoms with Crippen LogP contribution in [0.2, 0.25) is 0 Å². The van der Waals surface area contributed by atoms with E-state index in [1.54, 1.807) is 0 Å². The van der Waals surface area contributed by atoms with Gasteiger partial charge in [0.25, 0.3) is 5.95 Å². The van der Waals surface area contributed by atoms with Crippen LogP contribution >= 0.6 is 12.2 Å². The number of ether oxygens (including phenoxy) is 1. The van der Waals surface area contributed by atoms with Gasteiger partial charge >= 0.3 is 0 Å². The summed E-state index contributed by atoms with van der Waals surface area (Å²) >= 11 is 4.61. The standard InChI is InChI=1S/C17H25N3O4S/c1-3-4-5-6-7-8-9-13(21)15-14(22)10-12(24-16(15)23-2)11-19-20-17(18)25/h10-11H,3-9H2,1-2H3,(H3,18,20,25). The summed E-state index contributed by atoms with van der Waals surface area (Å²) in [7, 11) is 1.34. The van der Waals surface area contributed by atoms with Crippen molar-refractivity contribution >= 4 is 29.3 Å². The molecular formula is C17H25N3O4S. The highest BCUT2D eigenvalue weighted by atomic mass is 32.1. The van der Waals surface area contributed by atoms with Crippen LogP contribution < -0.4 is 21.3 Å². The molecule has 0 fully saturated rings. The van der Waals surface area contributed by atoms with Crippen LogP contribution in [0, 0.1) is 0 Å². The minimum absolute atomic E-state index is 0.0173. The minimum Gasteiger partial charge on any atom is -0.468 e. The molecule has 8 heteroatoms. The second-order valence-corrected chi connectivity index (χ2v) is 5.99. The average Bonchev–Trinajstić information content (AvgIpc) is 2.56. The average molecular weight is 367 g/mol. The highest BCUT2D eigenvalue weighted by molar-refractivity contribution is 7.80. The second-order valence-electron chi connectivity index (χ2n) is 5.55. The summed E-state index contributed by atoms with van der Waals surface area (Å²) in [6.07, 6.45) is 7.88. The first-order valence-electron chi connectivity index (χ1n) is 8.33. The van der Waals surface area contributed by atoms with Crippen molar-refractivity contribution in [2.45, 2.75) is 51.9 Å². The summed E-state index contributed by atoms with van der Waals surface area (Å²) in [5.74, 6) is -0.257. The van der Waals surface area contributed by atoms with Crippen molar-refractivity contribution in [2.75, 3.05) is 7.11 Å². The molecule has 0 aliphatic carbocycles. The summed E-state index contributed by atoms with van der Waals surface area (Å²) < 4.78 is 10.4. The maximum absolute atomic E-state index is 12.3. The van der Waals surface area contributed by atoms with Gasteiger partial charge in [0, 0.05) is 12.5 Å². The largest absolute Gasteiger partial charge is 0.468 e. The molecule has 1 rings (SSSR count). The van der Waals surface area contributed by atoms with Gasteiger partial charge in [0.15, 0.2) is 22.1 Å². The number of methoxy groups -OCH3 is 1. The fraction of sp³-hybridized carbons (Fsp3) is 0.529. The lowest BCUT2D eigenvalue weighted by Crippen LogP contribution is -2.24. The number of hydrogen-bond donors (Lipinski definition) is 2. The van der Waals surface area contributed by atoms with Crippen LogP contribution in [-0.4, -0.2) is 24.2 Å². The molecule has 0 amide bonds. The number of Topliss-reactive ketones (excluding diaryl/α,β-unsaturated/α-hetero) is 1. The van der Waals surface area contributed by atoms with E-state index < -0.39 is 5.43 Å². The molecule has 0 atom stereocenters. The monoisotopic (exact) mass is 367 g/mol. The number of carbonyl (C=O) groups is 1. The van der Waals surface area contributed by atoms with E-state index in [1.165, 1.54) is 38.7 Å². The van der Waals surface area contributed by atoms with E-state index in [-0.39, 0.29) is 28.2 Å². The fourth-order valence-electron chi connectivity index (χ4n) is 2.30. The Balaban J connectivity index is 2.75. The molecule has 0 bridgehead atoms. The van der Waals surface area contributed by atoms with E-state index in [4.69, 9.17) is 14.9 Å². The fourth-order valence-corrected chi connectivity index (χ4v) is 2.35. The van der Waals surface area contributed by atoms with Gasteiger partial charge in [0.2, 0.25) is 0 Å². The van der Waals surface area contributed by atoms with Crippen molar-refractivity contribution in [3.05, 3.63) is 27.6 Å². The van der Waals surface area contributed by atoms with Crippen molar-refractivity contribution in [2.24, 2.45) is 10.8 Å². The molecule has 1 heterocycles. The zero-order valence-electron chi connectivity index (χ0n) is 14.7. The van der Waals surface area contributed by atoms with E-state index in [0.29, 0.717) is 6.42 Å². The summed E-state index contributed by atoms with van der Waals surface area (Å²) in [6.45, 7) is 2.16. The third-order valence-electron chi connectivity index (χ3n) is 3.52. The Morgan fingerprint density at radius 3 is 2.68 bits per heavy atom. The Morgan fingerprint density at radius 2 is 2.04 bits per heavy atom. The molecule has 3 N–H and O–H groups in total. The van der Waals surface area contributed by atoms with Crippen molar-refractivity contribution < 1.29 is 13.9 Å². The molecule has 0 unspecified atom stereocenters. The van der Waals surface area contributed by atoms with Crippen molar-refractivity contribution in [3.63, 3.8) is 0 Å². The molecule has 138 valence electrons. The van der Waals surface area contributed by atoms with Crippen LogP contribution in [0.15, 0.2) is 20.4 Å². The summed E-state index contributed by atoms with van der Waals surface area (Å²) in [5.41, 5.74) is 7.06.